The third kappa shape index (κ3) is 3.88. The number of nitrogens with two attached hydrogens (primary N) is 1. The highest BCUT2D eigenvalue weighted by Crippen LogP contribution is 2.37. The van der Waals surface area contributed by atoms with Crippen molar-refractivity contribution < 1.29 is 23.9 Å². The van der Waals surface area contributed by atoms with E-state index in [-0.39, 0.29) is 34.8 Å². The van der Waals surface area contributed by atoms with Gasteiger partial charge in [0.25, 0.3) is 5.91 Å². The van der Waals surface area contributed by atoms with Crippen LogP contribution in [0.4, 0.5) is 5.82 Å². The molecule has 1 unspecified atom stereocenters. The lowest BCUT2D eigenvalue weighted by molar-refractivity contribution is -0.134. The second-order valence-corrected chi connectivity index (χ2v) is 8.30. The Labute approximate surface area is 189 Å². The Morgan fingerprint density at radius 1 is 1.22 bits per heavy atom. The molecule has 10 nitrogen and oxygen atoms in total. The van der Waals surface area contributed by atoms with E-state index in [4.69, 9.17) is 27.4 Å². The lowest BCUT2D eigenvalue weighted by atomic mass is 9.96. The molecule has 3 heterocycles. The minimum atomic E-state index is -0.593. The molecule has 0 aliphatic carbocycles. The molecular formula is C21H25N5O5S. The van der Waals surface area contributed by atoms with Crippen LogP contribution in [-0.2, 0) is 9.59 Å². The van der Waals surface area contributed by atoms with E-state index in [0.717, 1.165) is 0 Å². The molecule has 4 rings (SSSR count). The van der Waals surface area contributed by atoms with Crippen molar-refractivity contribution in [3.05, 3.63) is 16.9 Å². The number of fused-ring (bicyclic) bond motifs is 3. The fourth-order valence-electron chi connectivity index (χ4n) is 4.28. The summed E-state index contributed by atoms with van der Waals surface area (Å²) in [5, 5.41) is 3.89. The Hall–Kier alpha value is -3.21. The average Bonchev–Trinajstić information content (AvgIpc) is 3.13. The highest BCUT2D eigenvalue weighted by atomic mass is 32.1. The molecule has 2 aliphatic heterocycles. The summed E-state index contributed by atoms with van der Waals surface area (Å²) in [6, 6.07) is 2.87. The van der Waals surface area contributed by atoms with Crippen molar-refractivity contribution in [3.63, 3.8) is 0 Å². The fraction of sp³-hybridized carbons (Fsp3) is 0.476. The van der Waals surface area contributed by atoms with Crippen LogP contribution in [0.1, 0.15) is 30.5 Å². The maximum atomic E-state index is 13.0. The number of hydrogen-bond donors (Lipinski definition) is 2. The molecule has 2 amide bonds. The quantitative estimate of drug-likeness (QED) is 0.625. The molecule has 1 aromatic heterocycles. The van der Waals surface area contributed by atoms with Gasteiger partial charge in [0.15, 0.2) is 11.5 Å². The van der Waals surface area contributed by atoms with Crippen LogP contribution in [-0.4, -0.2) is 65.5 Å². The molecule has 0 radical (unpaired) electrons. The first-order valence-corrected chi connectivity index (χ1v) is 10.8. The normalized spacial score (nSPS) is 18.4. The minimum Gasteiger partial charge on any atom is -0.493 e. The van der Waals surface area contributed by atoms with Gasteiger partial charge >= 0.3 is 0 Å². The number of carbonyl (C=O) groups is 3. The molecule has 2 aliphatic rings. The van der Waals surface area contributed by atoms with Crippen LogP contribution < -0.4 is 20.5 Å². The third-order valence-corrected chi connectivity index (χ3v) is 6.39. The monoisotopic (exact) mass is 459 g/mol. The van der Waals surface area contributed by atoms with E-state index in [0.29, 0.717) is 60.6 Å². The number of likely N-dealkylation sites (tertiary alicyclic amines) is 1. The highest BCUT2D eigenvalue weighted by molar-refractivity contribution is 7.71. The van der Waals surface area contributed by atoms with E-state index in [1.807, 2.05) is 0 Å². The maximum absolute atomic E-state index is 13.0. The second kappa shape index (κ2) is 8.73. The van der Waals surface area contributed by atoms with E-state index in [2.05, 4.69) is 10.3 Å². The van der Waals surface area contributed by atoms with Gasteiger partial charge in [-0.15, -0.1) is 0 Å². The Morgan fingerprint density at radius 3 is 2.50 bits per heavy atom. The molecule has 11 heteroatoms. The summed E-state index contributed by atoms with van der Waals surface area (Å²) in [5.74, 6) is 0.774. The summed E-state index contributed by atoms with van der Waals surface area (Å²) < 4.78 is 12.2. The van der Waals surface area contributed by atoms with Crippen molar-refractivity contribution >= 4 is 46.7 Å². The summed E-state index contributed by atoms with van der Waals surface area (Å²) in [4.78, 5) is 43.1. The molecule has 1 fully saturated rings. The van der Waals surface area contributed by atoms with Gasteiger partial charge in [-0.2, -0.15) is 0 Å². The topological polar surface area (TPSA) is 129 Å². The van der Waals surface area contributed by atoms with Gasteiger partial charge < -0.3 is 25.4 Å². The number of amides is 2. The van der Waals surface area contributed by atoms with E-state index in [9.17, 15) is 14.4 Å². The number of hydrogen-bond acceptors (Lipinski definition) is 8. The van der Waals surface area contributed by atoms with Crippen molar-refractivity contribution in [1.29, 1.82) is 0 Å². The zero-order valence-corrected chi connectivity index (χ0v) is 18.7. The van der Waals surface area contributed by atoms with Gasteiger partial charge in [0.2, 0.25) is 16.6 Å². The SMILES string of the molecule is COc1cc2nc(=S)n3c(c2cc1OC)NC(CCC(=O)N1CCC(C(N)=O)CC1)C3=O. The number of carbonyl (C=O) groups excluding carboxylic acids is 3. The molecule has 0 bridgehead atoms. The molecule has 0 saturated carbocycles. The van der Waals surface area contributed by atoms with E-state index >= 15 is 0 Å². The molecule has 0 spiro atoms. The van der Waals surface area contributed by atoms with Gasteiger partial charge in [-0.1, -0.05) is 0 Å². The molecule has 1 saturated heterocycles. The van der Waals surface area contributed by atoms with E-state index in [1.54, 1.807) is 17.0 Å². The van der Waals surface area contributed by atoms with E-state index < -0.39 is 6.04 Å². The summed E-state index contributed by atoms with van der Waals surface area (Å²) >= 11 is 5.35. The Balaban J connectivity index is 1.50. The van der Waals surface area contributed by atoms with Crippen LogP contribution in [0.3, 0.4) is 0 Å². The average molecular weight is 460 g/mol. The number of piperidine rings is 1. The zero-order valence-electron chi connectivity index (χ0n) is 17.9. The smallest absolute Gasteiger partial charge is 0.257 e. The van der Waals surface area contributed by atoms with E-state index in [1.165, 1.54) is 18.8 Å². The lowest BCUT2D eigenvalue weighted by Crippen LogP contribution is -2.42. The first-order chi connectivity index (χ1) is 15.3. The van der Waals surface area contributed by atoms with Crippen LogP contribution in [0.15, 0.2) is 12.1 Å². The van der Waals surface area contributed by atoms with Gasteiger partial charge in [0, 0.05) is 36.9 Å². The van der Waals surface area contributed by atoms with Crippen LogP contribution in [0.25, 0.3) is 10.9 Å². The summed E-state index contributed by atoms with van der Waals surface area (Å²) in [7, 11) is 3.07. The van der Waals surface area contributed by atoms with Gasteiger partial charge in [0.05, 0.1) is 19.7 Å². The molecular weight excluding hydrogens is 434 g/mol. The van der Waals surface area contributed by atoms with Crippen molar-refractivity contribution in [2.24, 2.45) is 11.7 Å². The summed E-state index contributed by atoms with van der Waals surface area (Å²) in [6.45, 7) is 1.000. The predicted octanol–water partition coefficient (Wildman–Crippen LogP) is 1.72. The summed E-state index contributed by atoms with van der Waals surface area (Å²) in [5.41, 5.74) is 5.93. The second-order valence-electron chi connectivity index (χ2n) is 7.93. The predicted molar refractivity (Wildman–Crippen MR) is 119 cm³/mol. The molecule has 170 valence electrons. The number of primary amides is 1. The molecule has 3 N–H and O–H groups in total. The van der Waals surface area contributed by atoms with Crippen molar-refractivity contribution in [2.45, 2.75) is 31.7 Å². The van der Waals surface area contributed by atoms with Crippen molar-refractivity contribution in [2.75, 3.05) is 32.6 Å². The number of anilines is 1. The molecule has 1 aromatic carbocycles. The standard InChI is InChI=1S/C21H25N5O5S/c1-30-15-9-12-14(10-16(15)31-2)24-21(32)26-19(12)23-13(20(26)29)3-4-17(27)25-7-5-11(6-8-25)18(22)28/h9-11,13,23H,3-8H2,1-2H3,(H2,22,28). The number of nitrogens with one attached hydrogen (secondary N) is 1. The lowest BCUT2D eigenvalue weighted by Gasteiger charge is -2.30. The third-order valence-electron chi connectivity index (χ3n) is 6.11. The number of methoxy groups -OCH3 is 2. The van der Waals surface area contributed by atoms with Crippen LogP contribution in [0, 0.1) is 10.7 Å². The van der Waals surface area contributed by atoms with Gasteiger partial charge in [-0.3, -0.25) is 14.4 Å². The summed E-state index contributed by atoms with van der Waals surface area (Å²) in [6.07, 6.45) is 1.67. The van der Waals surface area contributed by atoms with Crippen LogP contribution in [0.5, 0.6) is 11.5 Å². The van der Waals surface area contributed by atoms with Crippen molar-refractivity contribution in [1.82, 2.24) is 14.5 Å². The highest BCUT2D eigenvalue weighted by Gasteiger charge is 2.33. The number of benzene rings is 1. The largest absolute Gasteiger partial charge is 0.493 e. The van der Waals surface area contributed by atoms with Gasteiger partial charge in [0.1, 0.15) is 11.9 Å². The fourth-order valence-corrected chi connectivity index (χ4v) is 4.56. The Kier molecular flexibility index (Phi) is 6.00. The first kappa shape index (κ1) is 22.0. The minimum absolute atomic E-state index is 0.0449. The number of rotatable bonds is 6. The number of nitrogens with zero attached hydrogens (tertiary/aromatic N) is 3. The molecule has 32 heavy (non-hydrogen) atoms. The molecule has 2 aromatic rings. The maximum Gasteiger partial charge on any atom is 0.257 e. The van der Waals surface area contributed by atoms with Crippen molar-refractivity contribution in [3.8, 4) is 11.5 Å². The number of aromatic nitrogens is 2. The van der Waals surface area contributed by atoms with Crippen LogP contribution in [0.2, 0.25) is 0 Å². The van der Waals surface area contributed by atoms with Crippen LogP contribution >= 0.6 is 12.2 Å². The van der Waals surface area contributed by atoms with Gasteiger partial charge in [-0.25, -0.2) is 9.55 Å². The molecule has 1 atom stereocenters. The first-order valence-electron chi connectivity index (χ1n) is 10.4. The Bertz CT molecular complexity index is 1160. The Morgan fingerprint density at radius 2 is 1.88 bits per heavy atom. The van der Waals surface area contributed by atoms with Gasteiger partial charge in [-0.05, 0) is 37.5 Å². The zero-order chi connectivity index (χ0) is 23.0. The number of ether oxygens (including phenoxy) is 2.